The monoisotopic (exact) mass is 439 g/mol. The molecule has 2 heterocycles. The van der Waals surface area contributed by atoms with Gasteiger partial charge in [0.2, 0.25) is 5.91 Å². The second kappa shape index (κ2) is 8.81. The zero-order valence-corrected chi connectivity index (χ0v) is 17.7. The molecule has 0 saturated carbocycles. The van der Waals surface area contributed by atoms with Crippen molar-refractivity contribution in [2.24, 2.45) is 0 Å². The predicted octanol–water partition coefficient (Wildman–Crippen LogP) is 3.46. The van der Waals surface area contributed by atoms with Crippen LogP contribution in [0.5, 0.6) is 0 Å². The lowest BCUT2D eigenvalue weighted by molar-refractivity contribution is -0.142. The smallest absolute Gasteiger partial charge is 0.328 e. The predicted molar refractivity (Wildman–Crippen MR) is 118 cm³/mol. The molecule has 2 N–H and O–H groups in total. The van der Waals surface area contributed by atoms with Gasteiger partial charge in [-0.2, -0.15) is 0 Å². The van der Waals surface area contributed by atoms with E-state index in [1.165, 1.54) is 7.11 Å². The van der Waals surface area contributed by atoms with E-state index in [1.54, 1.807) is 23.1 Å². The minimum absolute atomic E-state index is 0.0220. The lowest BCUT2D eigenvalue weighted by Crippen LogP contribution is -2.43. The van der Waals surface area contributed by atoms with Gasteiger partial charge in [-0.25, -0.2) is 4.79 Å². The van der Waals surface area contributed by atoms with Gasteiger partial charge in [-0.1, -0.05) is 29.8 Å². The van der Waals surface area contributed by atoms with Gasteiger partial charge < -0.3 is 19.9 Å². The van der Waals surface area contributed by atoms with Crippen LogP contribution in [0.25, 0.3) is 10.9 Å². The van der Waals surface area contributed by atoms with Gasteiger partial charge in [0.15, 0.2) is 0 Å². The number of H-pyrrole nitrogens is 1. The summed E-state index contributed by atoms with van der Waals surface area (Å²) < 4.78 is 4.91. The van der Waals surface area contributed by atoms with Crippen LogP contribution in [0.4, 0.5) is 5.69 Å². The normalized spacial score (nSPS) is 14.6. The van der Waals surface area contributed by atoms with Crippen molar-refractivity contribution in [2.45, 2.75) is 25.3 Å². The maximum absolute atomic E-state index is 13.0. The van der Waals surface area contributed by atoms with Crippen LogP contribution in [-0.2, 0) is 20.7 Å². The van der Waals surface area contributed by atoms with E-state index < -0.39 is 17.9 Å². The maximum Gasteiger partial charge on any atom is 0.328 e. The number of anilines is 1. The first kappa shape index (κ1) is 20.9. The Balaban J connectivity index is 1.57. The molecule has 1 saturated heterocycles. The highest BCUT2D eigenvalue weighted by molar-refractivity contribution is 6.34. The molecule has 1 aliphatic rings. The molecule has 3 aromatic rings. The number of ether oxygens (including phenoxy) is 1. The average Bonchev–Trinajstić information content (AvgIpc) is 3.39. The van der Waals surface area contributed by atoms with Crippen LogP contribution in [-0.4, -0.2) is 42.5 Å². The van der Waals surface area contributed by atoms with Crippen molar-refractivity contribution in [2.75, 3.05) is 18.6 Å². The third kappa shape index (κ3) is 4.27. The van der Waals surface area contributed by atoms with Crippen molar-refractivity contribution in [3.63, 3.8) is 0 Å². The lowest BCUT2D eigenvalue weighted by atomic mass is 10.0. The number of fused-ring (bicyclic) bond motifs is 1. The quantitative estimate of drug-likeness (QED) is 0.575. The second-order valence-electron chi connectivity index (χ2n) is 7.43. The van der Waals surface area contributed by atoms with E-state index in [-0.39, 0.29) is 12.3 Å². The Morgan fingerprint density at radius 3 is 2.81 bits per heavy atom. The Hall–Kier alpha value is -3.32. The average molecular weight is 440 g/mol. The molecule has 2 amide bonds. The summed E-state index contributed by atoms with van der Waals surface area (Å²) in [6.45, 7) is 0.564. The topological polar surface area (TPSA) is 91.5 Å². The third-order valence-corrected chi connectivity index (χ3v) is 5.78. The summed E-state index contributed by atoms with van der Waals surface area (Å²) >= 11 is 6.27. The van der Waals surface area contributed by atoms with Crippen molar-refractivity contribution in [1.29, 1.82) is 0 Å². The van der Waals surface area contributed by atoms with Gasteiger partial charge in [0.25, 0.3) is 5.91 Å². The standard InChI is InChI=1S/C23H22ClN3O4/c1-31-23(30)19(11-15-13-25-18-6-3-2-5-16(15)18)26-22(29)14-8-9-17(24)20(12-14)27-10-4-7-21(27)28/h2-3,5-6,8-9,12-13,19,25H,4,7,10-11H2,1H3,(H,26,29). The van der Waals surface area contributed by atoms with E-state index >= 15 is 0 Å². The van der Waals surface area contributed by atoms with Gasteiger partial charge in [-0.3, -0.25) is 9.59 Å². The van der Waals surface area contributed by atoms with Gasteiger partial charge in [-0.15, -0.1) is 0 Å². The Kier molecular flexibility index (Phi) is 5.95. The number of amides is 2. The molecule has 1 aliphatic heterocycles. The molecule has 0 spiro atoms. The third-order valence-electron chi connectivity index (χ3n) is 5.46. The van der Waals surface area contributed by atoms with E-state index in [4.69, 9.17) is 16.3 Å². The van der Waals surface area contributed by atoms with Crippen LogP contribution in [0.1, 0.15) is 28.8 Å². The summed E-state index contributed by atoms with van der Waals surface area (Å²) in [5.41, 5.74) is 2.66. The van der Waals surface area contributed by atoms with E-state index in [1.807, 2.05) is 30.5 Å². The molecule has 1 aromatic heterocycles. The van der Waals surface area contributed by atoms with Gasteiger partial charge in [0.05, 0.1) is 17.8 Å². The molecule has 0 aliphatic carbocycles. The molecule has 31 heavy (non-hydrogen) atoms. The Morgan fingerprint density at radius 1 is 1.26 bits per heavy atom. The fraction of sp³-hybridized carbons (Fsp3) is 0.261. The van der Waals surface area contributed by atoms with E-state index in [9.17, 15) is 14.4 Å². The minimum atomic E-state index is -0.871. The first-order chi connectivity index (χ1) is 15.0. The van der Waals surface area contributed by atoms with Crippen molar-refractivity contribution in [3.05, 3.63) is 64.8 Å². The van der Waals surface area contributed by atoms with Gasteiger partial charge in [-0.05, 0) is 36.2 Å². The van der Waals surface area contributed by atoms with E-state index in [0.29, 0.717) is 29.2 Å². The highest BCUT2D eigenvalue weighted by Gasteiger charge is 2.27. The number of rotatable bonds is 6. The maximum atomic E-state index is 13.0. The zero-order valence-electron chi connectivity index (χ0n) is 17.0. The molecule has 7 nitrogen and oxygen atoms in total. The first-order valence-electron chi connectivity index (χ1n) is 10.0. The van der Waals surface area contributed by atoms with Crippen molar-refractivity contribution >= 4 is 46.0 Å². The van der Waals surface area contributed by atoms with E-state index in [0.717, 1.165) is 22.9 Å². The largest absolute Gasteiger partial charge is 0.467 e. The summed E-state index contributed by atoms with van der Waals surface area (Å²) in [6.07, 6.45) is 3.31. The van der Waals surface area contributed by atoms with Crippen LogP contribution in [0.2, 0.25) is 5.02 Å². The molecule has 0 radical (unpaired) electrons. The summed E-state index contributed by atoms with van der Waals surface area (Å²) in [5, 5.41) is 4.14. The van der Waals surface area contributed by atoms with Gasteiger partial charge in [0, 0.05) is 42.0 Å². The van der Waals surface area contributed by atoms with Gasteiger partial charge >= 0.3 is 5.97 Å². The number of methoxy groups -OCH3 is 1. The van der Waals surface area contributed by atoms with E-state index in [2.05, 4.69) is 10.3 Å². The molecule has 160 valence electrons. The highest BCUT2D eigenvalue weighted by atomic mass is 35.5. The van der Waals surface area contributed by atoms with Gasteiger partial charge in [0.1, 0.15) is 6.04 Å². The van der Waals surface area contributed by atoms with Crippen molar-refractivity contribution in [3.8, 4) is 0 Å². The Bertz CT molecular complexity index is 1160. The van der Waals surface area contributed by atoms with Crippen molar-refractivity contribution in [1.82, 2.24) is 10.3 Å². The number of aromatic amines is 1. The number of nitrogens with one attached hydrogen (secondary N) is 2. The molecule has 1 fully saturated rings. The summed E-state index contributed by atoms with van der Waals surface area (Å²) in [6, 6.07) is 11.6. The first-order valence-corrected chi connectivity index (χ1v) is 10.4. The number of para-hydroxylation sites is 1. The molecule has 4 rings (SSSR count). The number of halogens is 1. The molecule has 8 heteroatoms. The molecule has 1 unspecified atom stereocenters. The molecule has 1 atom stereocenters. The number of benzene rings is 2. The van der Waals surface area contributed by atoms with Crippen LogP contribution in [0, 0.1) is 0 Å². The number of carbonyl (C=O) groups is 3. The number of esters is 1. The summed E-state index contributed by atoms with van der Waals surface area (Å²) in [5.74, 6) is -1.01. The molecular weight excluding hydrogens is 418 g/mol. The number of carbonyl (C=O) groups excluding carboxylic acids is 3. The highest BCUT2D eigenvalue weighted by Crippen LogP contribution is 2.30. The second-order valence-corrected chi connectivity index (χ2v) is 7.84. The Morgan fingerprint density at radius 2 is 2.06 bits per heavy atom. The summed E-state index contributed by atoms with van der Waals surface area (Å²) in [7, 11) is 1.29. The Labute approximate surface area is 184 Å². The molecule has 0 bridgehead atoms. The van der Waals surface area contributed by atoms with Crippen molar-refractivity contribution < 1.29 is 19.1 Å². The fourth-order valence-corrected chi connectivity index (χ4v) is 4.08. The van der Waals surface area contributed by atoms with Crippen LogP contribution in [0.3, 0.4) is 0 Å². The SMILES string of the molecule is COC(=O)C(Cc1c[nH]c2ccccc12)NC(=O)c1ccc(Cl)c(N2CCCC2=O)c1. The fourth-order valence-electron chi connectivity index (χ4n) is 3.86. The number of nitrogens with zero attached hydrogens (tertiary/aromatic N) is 1. The molecular formula is C23H22ClN3O4. The summed E-state index contributed by atoms with van der Waals surface area (Å²) in [4.78, 5) is 42.2. The number of hydrogen-bond donors (Lipinski definition) is 2. The van der Waals surface area contributed by atoms with Crippen LogP contribution < -0.4 is 10.2 Å². The minimum Gasteiger partial charge on any atom is -0.467 e. The van der Waals surface area contributed by atoms with Crippen LogP contribution >= 0.6 is 11.6 Å². The number of hydrogen-bond acceptors (Lipinski definition) is 4. The molecule has 2 aromatic carbocycles. The number of aromatic nitrogens is 1. The lowest BCUT2D eigenvalue weighted by Gasteiger charge is -2.19. The van der Waals surface area contributed by atoms with Crippen LogP contribution in [0.15, 0.2) is 48.7 Å². The zero-order chi connectivity index (χ0) is 22.0.